The lowest BCUT2D eigenvalue weighted by atomic mass is 9.87. The van der Waals surface area contributed by atoms with E-state index >= 15 is 0 Å². The maximum Gasteiger partial charge on any atom is 0.118 e. The van der Waals surface area contributed by atoms with Crippen molar-refractivity contribution in [1.82, 2.24) is 4.90 Å². The minimum atomic E-state index is -0.0526. The van der Waals surface area contributed by atoms with Crippen LogP contribution in [0.1, 0.15) is 31.2 Å². The predicted molar refractivity (Wildman–Crippen MR) is 77.3 cm³/mol. The van der Waals surface area contributed by atoms with Gasteiger partial charge in [-0.1, -0.05) is 12.1 Å². The molecule has 1 N–H and O–H groups in total. The lowest BCUT2D eigenvalue weighted by Gasteiger charge is -2.29. The summed E-state index contributed by atoms with van der Waals surface area (Å²) < 4.78 is 5.17. The summed E-state index contributed by atoms with van der Waals surface area (Å²) >= 11 is 0. The van der Waals surface area contributed by atoms with Crippen LogP contribution < -0.4 is 4.74 Å². The number of ether oxygens (including phenoxy) is 1. The number of aliphatic hydroxyl groups excluding tert-OH is 1. The maximum absolute atomic E-state index is 9.52. The Morgan fingerprint density at radius 1 is 1.16 bits per heavy atom. The highest BCUT2D eigenvalue weighted by Crippen LogP contribution is 2.25. The standard InChI is InChI=1S/C16H25NO2/c1-17(11-13-3-7-15(18)8-4-13)12-14-5-9-16(19-2)10-6-14/h5-6,9-10,13,15,18H,3-4,7-8,11-12H2,1-2H3. The van der Waals surface area contributed by atoms with E-state index < -0.39 is 0 Å². The summed E-state index contributed by atoms with van der Waals surface area (Å²) in [5.41, 5.74) is 1.32. The van der Waals surface area contributed by atoms with Crippen molar-refractivity contribution in [1.29, 1.82) is 0 Å². The smallest absolute Gasteiger partial charge is 0.118 e. The van der Waals surface area contributed by atoms with Gasteiger partial charge < -0.3 is 14.7 Å². The van der Waals surface area contributed by atoms with Crippen LogP contribution >= 0.6 is 0 Å². The number of nitrogens with zero attached hydrogens (tertiary/aromatic N) is 1. The molecule has 1 aliphatic rings. The highest BCUT2D eigenvalue weighted by atomic mass is 16.5. The number of aliphatic hydroxyl groups is 1. The Hall–Kier alpha value is -1.06. The molecule has 0 heterocycles. The number of hydrogen-bond donors (Lipinski definition) is 1. The van der Waals surface area contributed by atoms with Crippen LogP contribution in [0, 0.1) is 5.92 Å². The minimum absolute atomic E-state index is 0.0526. The first-order valence-electron chi connectivity index (χ1n) is 7.17. The SMILES string of the molecule is COc1ccc(CN(C)CC2CCC(O)CC2)cc1. The van der Waals surface area contributed by atoms with Crippen LogP contribution in [-0.2, 0) is 6.54 Å². The van der Waals surface area contributed by atoms with Crippen LogP contribution in [-0.4, -0.2) is 36.8 Å². The molecule has 0 atom stereocenters. The molecule has 0 spiro atoms. The Morgan fingerprint density at radius 2 is 1.79 bits per heavy atom. The van der Waals surface area contributed by atoms with Crippen LogP contribution in [0.25, 0.3) is 0 Å². The van der Waals surface area contributed by atoms with E-state index in [1.165, 1.54) is 5.56 Å². The Balaban J connectivity index is 1.78. The van der Waals surface area contributed by atoms with Gasteiger partial charge in [0.15, 0.2) is 0 Å². The minimum Gasteiger partial charge on any atom is -0.497 e. The van der Waals surface area contributed by atoms with Gasteiger partial charge in [-0.15, -0.1) is 0 Å². The van der Waals surface area contributed by atoms with Crippen LogP contribution in [0.15, 0.2) is 24.3 Å². The van der Waals surface area contributed by atoms with Crippen molar-refractivity contribution in [3.63, 3.8) is 0 Å². The third-order valence-electron chi connectivity index (χ3n) is 4.00. The molecule has 1 aromatic rings. The van der Waals surface area contributed by atoms with Crippen LogP contribution in [0.3, 0.4) is 0 Å². The van der Waals surface area contributed by atoms with Gasteiger partial charge in [0.05, 0.1) is 13.2 Å². The fourth-order valence-electron chi connectivity index (χ4n) is 2.88. The lowest BCUT2D eigenvalue weighted by molar-refractivity contribution is 0.0968. The quantitative estimate of drug-likeness (QED) is 0.886. The number of benzene rings is 1. The summed E-state index contributed by atoms with van der Waals surface area (Å²) in [6, 6.07) is 8.28. The molecule has 1 saturated carbocycles. The molecule has 19 heavy (non-hydrogen) atoms. The number of hydrogen-bond acceptors (Lipinski definition) is 3. The second kappa shape index (κ2) is 6.92. The highest BCUT2D eigenvalue weighted by molar-refractivity contribution is 5.27. The second-order valence-corrected chi connectivity index (χ2v) is 5.72. The molecule has 2 rings (SSSR count). The Bertz CT molecular complexity index is 369. The summed E-state index contributed by atoms with van der Waals surface area (Å²) in [5, 5.41) is 9.52. The molecule has 0 aromatic heterocycles. The van der Waals surface area contributed by atoms with Gasteiger partial charge in [-0.2, -0.15) is 0 Å². The van der Waals surface area contributed by atoms with Crippen LogP contribution in [0.4, 0.5) is 0 Å². The zero-order valence-electron chi connectivity index (χ0n) is 12.0. The monoisotopic (exact) mass is 263 g/mol. The zero-order valence-corrected chi connectivity index (χ0v) is 12.0. The van der Waals surface area contributed by atoms with E-state index in [4.69, 9.17) is 4.74 Å². The highest BCUT2D eigenvalue weighted by Gasteiger charge is 2.20. The molecule has 1 aromatic carbocycles. The molecule has 0 aliphatic heterocycles. The van der Waals surface area contributed by atoms with Gasteiger partial charge in [-0.25, -0.2) is 0 Å². The van der Waals surface area contributed by atoms with E-state index in [0.29, 0.717) is 0 Å². The average Bonchev–Trinajstić information content (AvgIpc) is 2.42. The topological polar surface area (TPSA) is 32.7 Å². The summed E-state index contributed by atoms with van der Waals surface area (Å²) in [6.45, 7) is 2.10. The average molecular weight is 263 g/mol. The van der Waals surface area contributed by atoms with Crippen molar-refractivity contribution in [3.05, 3.63) is 29.8 Å². The van der Waals surface area contributed by atoms with Gasteiger partial charge in [0.1, 0.15) is 5.75 Å². The molecular formula is C16H25NO2. The first kappa shape index (κ1) is 14.4. The van der Waals surface area contributed by atoms with Crippen LogP contribution in [0.5, 0.6) is 5.75 Å². The van der Waals surface area contributed by atoms with Crippen LogP contribution in [0.2, 0.25) is 0 Å². The summed E-state index contributed by atoms with van der Waals surface area (Å²) in [5.74, 6) is 1.65. The fourth-order valence-corrected chi connectivity index (χ4v) is 2.88. The molecule has 3 heteroatoms. The van der Waals surface area contributed by atoms with Gasteiger partial charge >= 0.3 is 0 Å². The Morgan fingerprint density at radius 3 is 2.37 bits per heavy atom. The molecule has 0 radical (unpaired) electrons. The first-order chi connectivity index (χ1) is 9.17. The van der Waals surface area contributed by atoms with Gasteiger partial charge in [0.25, 0.3) is 0 Å². The van der Waals surface area contributed by atoms with Gasteiger partial charge in [0.2, 0.25) is 0 Å². The number of rotatable bonds is 5. The molecule has 0 amide bonds. The van der Waals surface area contributed by atoms with Gasteiger partial charge in [-0.05, 0) is 56.3 Å². The molecule has 1 fully saturated rings. The van der Waals surface area contributed by atoms with Crippen molar-refractivity contribution < 1.29 is 9.84 Å². The first-order valence-corrected chi connectivity index (χ1v) is 7.17. The Kier molecular flexibility index (Phi) is 5.23. The second-order valence-electron chi connectivity index (χ2n) is 5.72. The molecular weight excluding hydrogens is 238 g/mol. The summed E-state index contributed by atoms with van der Waals surface area (Å²) in [7, 11) is 3.87. The van der Waals surface area contributed by atoms with E-state index in [0.717, 1.165) is 50.4 Å². The van der Waals surface area contributed by atoms with Crippen molar-refractivity contribution in [2.45, 2.75) is 38.3 Å². The predicted octanol–water partition coefficient (Wildman–Crippen LogP) is 2.68. The third-order valence-corrected chi connectivity index (χ3v) is 4.00. The van der Waals surface area contributed by atoms with E-state index in [-0.39, 0.29) is 6.10 Å². The normalized spacial score (nSPS) is 23.6. The van der Waals surface area contributed by atoms with Crippen molar-refractivity contribution in [2.75, 3.05) is 20.7 Å². The van der Waals surface area contributed by atoms with Gasteiger partial charge in [-0.3, -0.25) is 0 Å². The molecule has 0 unspecified atom stereocenters. The fraction of sp³-hybridized carbons (Fsp3) is 0.625. The maximum atomic E-state index is 9.52. The van der Waals surface area contributed by atoms with Crippen molar-refractivity contribution in [2.24, 2.45) is 5.92 Å². The van der Waals surface area contributed by atoms with Crippen molar-refractivity contribution >= 4 is 0 Å². The zero-order chi connectivity index (χ0) is 13.7. The lowest BCUT2D eigenvalue weighted by Crippen LogP contribution is -2.29. The van der Waals surface area contributed by atoms with Gasteiger partial charge in [0, 0.05) is 13.1 Å². The summed E-state index contributed by atoms with van der Waals surface area (Å²) in [6.07, 6.45) is 4.22. The van der Waals surface area contributed by atoms with E-state index in [2.05, 4.69) is 24.1 Å². The van der Waals surface area contributed by atoms with E-state index in [1.807, 2.05) is 12.1 Å². The van der Waals surface area contributed by atoms with Crippen molar-refractivity contribution in [3.8, 4) is 5.75 Å². The largest absolute Gasteiger partial charge is 0.497 e. The molecule has 106 valence electrons. The third kappa shape index (κ3) is 4.51. The van der Waals surface area contributed by atoms with E-state index in [9.17, 15) is 5.11 Å². The molecule has 1 aliphatic carbocycles. The molecule has 0 saturated heterocycles. The number of methoxy groups -OCH3 is 1. The summed E-state index contributed by atoms with van der Waals surface area (Å²) in [4.78, 5) is 2.38. The van der Waals surface area contributed by atoms with E-state index in [1.54, 1.807) is 7.11 Å². The molecule has 3 nitrogen and oxygen atoms in total. The Labute approximate surface area is 116 Å². The molecule has 0 bridgehead atoms.